The second-order valence-corrected chi connectivity index (χ2v) is 15.5. The fourth-order valence-electron chi connectivity index (χ4n) is 8.42. The number of para-hydroxylation sites is 2. The van der Waals surface area contributed by atoms with Crippen molar-refractivity contribution >= 4 is 77.4 Å². The van der Waals surface area contributed by atoms with Gasteiger partial charge in [0.15, 0.2) is 17.5 Å². The Kier molecular flexibility index (Phi) is 7.06. The molecule has 0 bridgehead atoms. The van der Waals surface area contributed by atoms with Gasteiger partial charge in [0.05, 0.1) is 15.6 Å². The normalized spacial score (nSPS) is 12.6. The van der Waals surface area contributed by atoms with Crippen molar-refractivity contribution in [1.29, 1.82) is 0 Å². The maximum absolute atomic E-state index is 6.19. The van der Waals surface area contributed by atoms with Crippen LogP contribution in [0.4, 0.5) is 0 Å². The van der Waals surface area contributed by atoms with Crippen molar-refractivity contribution in [3.05, 3.63) is 167 Å². The topological polar surface area (TPSA) is 68.8 Å². The van der Waals surface area contributed by atoms with Crippen molar-refractivity contribution in [1.82, 2.24) is 24.8 Å². The molecule has 6 nitrogen and oxygen atoms in total. The van der Waals surface area contributed by atoms with Crippen LogP contribution >= 0.6 is 11.3 Å². The molecular weight excluding hydrogens is 719 g/mol. The summed E-state index contributed by atoms with van der Waals surface area (Å²) < 4.78 is 10.9. The van der Waals surface area contributed by atoms with Crippen LogP contribution in [0.25, 0.3) is 117 Å². The van der Waals surface area contributed by atoms with Crippen LogP contribution in [0.3, 0.4) is 0 Å². The number of aromatic nitrogens is 4. The molecule has 11 aromatic rings. The van der Waals surface area contributed by atoms with E-state index in [1.54, 1.807) is 11.3 Å². The van der Waals surface area contributed by atoms with Gasteiger partial charge >= 0.3 is 0 Å². The Labute approximate surface area is 330 Å². The molecule has 0 fully saturated rings. The summed E-state index contributed by atoms with van der Waals surface area (Å²) in [4.78, 5) is 15.7. The molecule has 1 aliphatic heterocycles. The lowest BCUT2D eigenvalue weighted by molar-refractivity contribution is 0.669. The highest BCUT2D eigenvalue weighted by Gasteiger charge is 2.21. The Morgan fingerprint density at radius 2 is 1.18 bits per heavy atom. The van der Waals surface area contributed by atoms with Crippen molar-refractivity contribution in [2.75, 3.05) is 6.54 Å². The number of rotatable bonds is 5. The number of fused-ring (bicyclic) bond motifs is 9. The van der Waals surface area contributed by atoms with Crippen LogP contribution in [-0.4, -0.2) is 26.1 Å². The first-order valence-corrected chi connectivity index (χ1v) is 19.9. The van der Waals surface area contributed by atoms with E-state index in [1.165, 1.54) is 37.0 Å². The van der Waals surface area contributed by atoms with Crippen LogP contribution in [0.5, 0.6) is 0 Å². The highest BCUT2D eigenvalue weighted by Crippen LogP contribution is 2.39. The van der Waals surface area contributed by atoms with E-state index in [0.29, 0.717) is 17.5 Å². The third-order valence-electron chi connectivity index (χ3n) is 11.1. The average Bonchev–Trinajstić information content (AvgIpc) is 3.95. The van der Waals surface area contributed by atoms with E-state index in [9.17, 15) is 0 Å². The van der Waals surface area contributed by atoms with Gasteiger partial charge in [-0.1, -0.05) is 109 Å². The zero-order chi connectivity index (χ0) is 37.5. The lowest BCUT2D eigenvalue weighted by Gasteiger charge is -2.13. The van der Waals surface area contributed by atoms with E-state index in [2.05, 4.69) is 131 Å². The zero-order valence-corrected chi connectivity index (χ0v) is 31.3. The number of nitrogens with one attached hydrogen (secondary N) is 1. The number of benzene rings is 7. The zero-order valence-electron chi connectivity index (χ0n) is 30.5. The number of furan rings is 1. The average molecular weight is 750 g/mol. The van der Waals surface area contributed by atoms with Gasteiger partial charge in [0, 0.05) is 66.8 Å². The molecule has 0 atom stereocenters. The Balaban J connectivity index is 1.14. The van der Waals surface area contributed by atoms with E-state index >= 15 is 0 Å². The molecule has 0 aliphatic carbocycles. The molecule has 0 amide bonds. The van der Waals surface area contributed by atoms with Crippen LogP contribution in [0.1, 0.15) is 0 Å². The molecule has 0 radical (unpaired) electrons. The number of thiophene rings is 1. The van der Waals surface area contributed by atoms with Crippen LogP contribution in [0.2, 0.25) is 0 Å². The largest absolute Gasteiger partial charge is 0.456 e. The van der Waals surface area contributed by atoms with Gasteiger partial charge in [-0.25, -0.2) is 15.0 Å². The Morgan fingerprint density at radius 1 is 0.509 bits per heavy atom. The maximum atomic E-state index is 6.19. The van der Waals surface area contributed by atoms with Crippen molar-refractivity contribution in [2.24, 2.45) is 0 Å². The van der Waals surface area contributed by atoms with Crippen LogP contribution < -0.4 is 15.1 Å². The molecular formula is C50H31N5OS. The van der Waals surface area contributed by atoms with E-state index in [4.69, 9.17) is 19.4 Å². The molecule has 0 unspecified atom stereocenters. The second kappa shape index (κ2) is 12.6. The van der Waals surface area contributed by atoms with Gasteiger partial charge in [-0.15, -0.1) is 11.3 Å². The molecule has 7 aromatic carbocycles. The third kappa shape index (κ3) is 5.13. The van der Waals surface area contributed by atoms with Gasteiger partial charge in [0.25, 0.3) is 0 Å². The van der Waals surface area contributed by atoms with Gasteiger partial charge in [0.1, 0.15) is 11.2 Å². The van der Waals surface area contributed by atoms with E-state index in [0.717, 1.165) is 66.6 Å². The molecule has 1 aliphatic rings. The first-order chi connectivity index (χ1) is 28.2. The van der Waals surface area contributed by atoms with Crippen LogP contribution in [0.15, 0.2) is 162 Å². The number of nitrogens with zero attached hydrogens (tertiary/aromatic N) is 4. The van der Waals surface area contributed by atoms with Crippen molar-refractivity contribution in [3.63, 3.8) is 0 Å². The quantitative estimate of drug-likeness (QED) is 0.190. The van der Waals surface area contributed by atoms with E-state index in [-0.39, 0.29) is 0 Å². The molecule has 7 heteroatoms. The number of hydrogen-bond donors (Lipinski definition) is 1. The third-order valence-corrected chi connectivity index (χ3v) is 12.3. The second-order valence-electron chi connectivity index (χ2n) is 14.4. The maximum Gasteiger partial charge on any atom is 0.165 e. The minimum Gasteiger partial charge on any atom is -0.456 e. The highest BCUT2D eigenvalue weighted by atomic mass is 32.1. The summed E-state index contributed by atoms with van der Waals surface area (Å²) in [5, 5.41) is 10.4. The van der Waals surface area contributed by atoms with Crippen LogP contribution in [-0.2, 0) is 0 Å². The summed E-state index contributed by atoms with van der Waals surface area (Å²) in [5.41, 5.74) is 10.2. The predicted molar refractivity (Wildman–Crippen MR) is 235 cm³/mol. The Bertz CT molecular complexity index is 3530. The van der Waals surface area contributed by atoms with E-state index < -0.39 is 0 Å². The Morgan fingerprint density at radius 3 is 2.04 bits per heavy atom. The van der Waals surface area contributed by atoms with E-state index in [1.807, 2.05) is 48.5 Å². The standard InChI is InChI=1S/C50H31N5OS/c1-3-11-30(12-4-1)32-19-21-43-38(25-32)35-15-7-9-17-42(35)55(43)34-27-40-37-23-24-51-29-46(37)57-47(40)41(28-34)50-53-48(31-13-5-2-6-14-31)52-49(54-50)33-20-22-45-39(26-33)36-16-8-10-18-44(36)56-45/h1-23,25-29,51H,24H2. The minimum atomic E-state index is 0.607. The molecule has 0 spiro atoms. The van der Waals surface area contributed by atoms with Gasteiger partial charge < -0.3 is 14.3 Å². The highest BCUT2D eigenvalue weighted by molar-refractivity contribution is 7.17. The smallest absolute Gasteiger partial charge is 0.165 e. The SMILES string of the molecule is C1=c2sc3c(-c4nc(-c5ccccc5)nc(-c5ccc6oc7ccccc7c6c5)n4)cc(-n4c5ccccc5c5cc(-c6ccccc6)ccc54)cc3c2=CCN1. The van der Waals surface area contributed by atoms with Crippen molar-refractivity contribution in [3.8, 4) is 51.0 Å². The van der Waals surface area contributed by atoms with Gasteiger partial charge in [0.2, 0.25) is 0 Å². The molecule has 268 valence electrons. The molecule has 12 rings (SSSR count). The number of hydrogen-bond acceptors (Lipinski definition) is 6. The molecule has 5 heterocycles. The Hall–Kier alpha value is -7.35. The summed E-state index contributed by atoms with van der Waals surface area (Å²) in [6, 6.07) is 55.3. The summed E-state index contributed by atoms with van der Waals surface area (Å²) in [6.45, 7) is 0.773. The predicted octanol–water partition coefficient (Wildman–Crippen LogP) is 10.9. The van der Waals surface area contributed by atoms with Gasteiger partial charge in [-0.05, 0) is 70.9 Å². The van der Waals surface area contributed by atoms with Gasteiger partial charge in [-0.2, -0.15) is 0 Å². The summed E-state index contributed by atoms with van der Waals surface area (Å²) in [5.74, 6) is 1.86. The fraction of sp³-hybridized carbons (Fsp3) is 0.0200. The lowest BCUT2D eigenvalue weighted by Crippen LogP contribution is -2.28. The molecule has 1 N–H and O–H groups in total. The first kappa shape index (κ1) is 31.9. The monoisotopic (exact) mass is 749 g/mol. The molecule has 0 saturated heterocycles. The molecule has 57 heavy (non-hydrogen) atoms. The fourth-order valence-corrected chi connectivity index (χ4v) is 9.62. The lowest BCUT2D eigenvalue weighted by atomic mass is 10.0. The molecule has 4 aromatic heterocycles. The molecule has 0 saturated carbocycles. The summed E-state index contributed by atoms with van der Waals surface area (Å²) in [6.07, 6.45) is 4.42. The van der Waals surface area contributed by atoms with Crippen LogP contribution in [0, 0.1) is 0 Å². The summed E-state index contributed by atoms with van der Waals surface area (Å²) in [7, 11) is 0. The van der Waals surface area contributed by atoms with Crippen molar-refractivity contribution in [2.45, 2.75) is 0 Å². The first-order valence-electron chi connectivity index (χ1n) is 19.1. The van der Waals surface area contributed by atoms with Gasteiger partial charge in [-0.3, -0.25) is 0 Å². The summed E-state index contributed by atoms with van der Waals surface area (Å²) >= 11 is 1.77. The minimum absolute atomic E-state index is 0.607. The van der Waals surface area contributed by atoms with Crippen molar-refractivity contribution < 1.29 is 4.42 Å².